The van der Waals surface area contributed by atoms with Gasteiger partial charge >= 0.3 is 5.97 Å². The number of hydrogen-bond acceptors (Lipinski definition) is 3. The lowest BCUT2D eigenvalue weighted by Gasteiger charge is -2.27. The summed E-state index contributed by atoms with van der Waals surface area (Å²) < 4.78 is 43.7. The van der Waals surface area contributed by atoms with Gasteiger partial charge in [-0.05, 0) is 59.2 Å². The van der Waals surface area contributed by atoms with Gasteiger partial charge in [-0.1, -0.05) is 30.3 Å². The second-order valence-corrected chi connectivity index (χ2v) is 10.1. The molecular formula is C32H26F3N3O2. The van der Waals surface area contributed by atoms with Gasteiger partial charge in [-0.15, -0.1) is 0 Å². The van der Waals surface area contributed by atoms with E-state index < -0.39 is 17.6 Å². The number of fused-ring (bicyclic) bond motifs is 4. The topological polar surface area (TPSA) is 58.4 Å². The SMILES string of the molecule is O=C(O)CCN1CCc2c(c3ccc(F)cc3n2Cc2cccc(/C=C/c3ccc4cc(F)c(F)cc4n3)c2)C1. The molecule has 0 aliphatic carbocycles. The van der Waals surface area contributed by atoms with E-state index >= 15 is 0 Å². The maximum absolute atomic E-state index is 14.3. The van der Waals surface area contributed by atoms with Crippen LogP contribution in [-0.2, 0) is 24.3 Å². The van der Waals surface area contributed by atoms with Gasteiger partial charge in [0.15, 0.2) is 11.6 Å². The Bertz CT molecular complexity index is 1790. The van der Waals surface area contributed by atoms with Crippen molar-refractivity contribution in [2.75, 3.05) is 13.1 Å². The highest BCUT2D eigenvalue weighted by atomic mass is 19.2. The average molecular weight is 542 g/mol. The van der Waals surface area contributed by atoms with Crippen molar-refractivity contribution in [3.63, 3.8) is 0 Å². The first kappa shape index (κ1) is 25.8. The molecule has 2 aromatic heterocycles. The predicted molar refractivity (Wildman–Crippen MR) is 149 cm³/mol. The normalized spacial score (nSPS) is 13.9. The van der Waals surface area contributed by atoms with Gasteiger partial charge < -0.3 is 9.67 Å². The molecule has 0 amide bonds. The molecule has 0 atom stereocenters. The lowest BCUT2D eigenvalue weighted by atomic mass is 10.0. The number of benzene rings is 3. The Labute approximate surface area is 228 Å². The molecule has 1 aliphatic heterocycles. The van der Waals surface area contributed by atoms with Crippen molar-refractivity contribution in [1.29, 1.82) is 0 Å². The van der Waals surface area contributed by atoms with Crippen LogP contribution in [0.25, 0.3) is 34.0 Å². The van der Waals surface area contributed by atoms with Crippen LogP contribution >= 0.6 is 0 Å². The quantitative estimate of drug-likeness (QED) is 0.250. The molecule has 0 unspecified atom stereocenters. The zero-order valence-electron chi connectivity index (χ0n) is 21.6. The Morgan fingerprint density at radius 2 is 1.82 bits per heavy atom. The van der Waals surface area contributed by atoms with E-state index in [1.54, 1.807) is 18.2 Å². The third-order valence-corrected chi connectivity index (χ3v) is 7.43. The highest BCUT2D eigenvalue weighted by Crippen LogP contribution is 2.32. The number of carboxylic acids is 1. The number of hydrogen-bond donors (Lipinski definition) is 1. The van der Waals surface area contributed by atoms with Crippen LogP contribution in [0.3, 0.4) is 0 Å². The van der Waals surface area contributed by atoms with Crippen LogP contribution in [0.4, 0.5) is 13.2 Å². The molecule has 6 rings (SSSR count). The minimum Gasteiger partial charge on any atom is -0.481 e. The molecule has 5 nitrogen and oxygen atoms in total. The van der Waals surface area contributed by atoms with E-state index in [4.69, 9.17) is 5.11 Å². The number of carboxylic acid groups (broad SMARTS) is 1. The van der Waals surface area contributed by atoms with Crippen LogP contribution in [0.15, 0.2) is 66.7 Å². The number of halogens is 3. The van der Waals surface area contributed by atoms with Gasteiger partial charge in [0, 0.05) is 55.1 Å². The van der Waals surface area contributed by atoms with Gasteiger partial charge in [-0.3, -0.25) is 9.69 Å². The number of pyridine rings is 1. The molecule has 1 N–H and O–H groups in total. The summed E-state index contributed by atoms with van der Waals surface area (Å²) in [6, 6.07) is 18.6. The van der Waals surface area contributed by atoms with Gasteiger partial charge in [0.05, 0.1) is 23.1 Å². The summed E-state index contributed by atoms with van der Waals surface area (Å²) in [6.45, 7) is 2.42. The van der Waals surface area contributed by atoms with Crippen LogP contribution in [0.1, 0.15) is 34.5 Å². The van der Waals surface area contributed by atoms with Crippen molar-refractivity contribution in [2.24, 2.45) is 0 Å². The predicted octanol–water partition coefficient (Wildman–Crippen LogP) is 6.66. The summed E-state index contributed by atoms with van der Waals surface area (Å²) >= 11 is 0. The Hall–Kier alpha value is -4.43. The standard InChI is InChI=1S/C32H26F3N3O2/c33-23-6-9-25-26-19-37(13-11-32(39)40)12-10-30(26)38(31(25)16-23)18-21-3-1-2-20(14-21)4-7-24-8-5-22-15-27(34)28(35)17-29(22)36-24/h1-9,14-17H,10-13,18-19H2,(H,39,40)/b7-4+. The third-order valence-electron chi connectivity index (χ3n) is 7.43. The molecule has 0 saturated heterocycles. The molecule has 202 valence electrons. The molecule has 1 aliphatic rings. The first-order valence-electron chi connectivity index (χ1n) is 13.1. The summed E-state index contributed by atoms with van der Waals surface area (Å²) in [7, 11) is 0. The second kappa shape index (κ2) is 10.6. The molecule has 0 saturated carbocycles. The van der Waals surface area contributed by atoms with Crippen molar-refractivity contribution in [1.82, 2.24) is 14.5 Å². The summed E-state index contributed by atoms with van der Waals surface area (Å²) in [4.78, 5) is 17.6. The van der Waals surface area contributed by atoms with Crippen molar-refractivity contribution in [2.45, 2.75) is 25.9 Å². The second-order valence-electron chi connectivity index (χ2n) is 10.1. The van der Waals surface area contributed by atoms with E-state index in [0.717, 1.165) is 58.4 Å². The first-order valence-corrected chi connectivity index (χ1v) is 13.1. The van der Waals surface area contributed by atoms with E-state index in [1.807, 2.05) is 36.4 Å². The monoisotopic (exact) mass is 541 g/mol. The Morgan fingerprint density at radius 1 is 0.975 bits per heavy atom. The molecule has 0 fully saturated rings. The zero-order chi connectivity index (χ0) is 27.8. The van der Waals surface area contributed by atoms with Gasteiger partial charge in [-0.25, -0.2) is 18.2 Å². The van der Waals surface area contributed by atoms with Gasteiger partial charge in [0.25, 0.3) is 0 Å². The number of aromatic nitrogens is 2. The van der Waals surface area contributed by atoms with Crippen LogP contribution in [0, 0.1) is 17.5 Å². The third kappa shape index (κ3) is 5.22. The lowest BCUT2D eigenvalue weighted by molar-refractivity contribution is -0.137. The Balaban J connectivity index is 1.27. The van der Waals surface area contributed by atoms with Crippen molar-refractivity contribution in [3.8, 4) is 0 Å². The highest BCUT2D eigenvalue weighted by Gasteiger charge is 2.24. The van der Waals surface area contributed by atoms with E-state index in [1.165, 1.54) is 6.07 Å². The number of rotatable bonds is 7. The summed E-state index contributed by atoms with van der Waals surface area (Å²) in [6.07, 6.45) is 4.59. The molecule has 0 bridgehead atoms. The van der Waals surface area contributed by atoms with Crippen LogP contribution in [0.2, 0.25) is 0 Å². The molecule has 0 radical (unpaired) electrons. The first-order chi connectivity index (χ1) is 19.3. The highest BCUT2D eigenvalue weighted by molar-refractivity contribution is 5.86. The summed E-state index contributed by atoms with van der Waals surface area (Å²) in [5.41, 5.74) is 6.10. The van der Waals surface area contributed by atoms with E-state index in [0.29, 0.717) is 36.2 Å². The minimum atomic E-state index is -0.929. The molecule has 40 heavy (non-hydrogen) atoms. The molecule has 3 heterocycles. The molecule has 0 spiro atoms. The fourth-order valence-electron chi connectivity index (χ4n) is 5.49. The largest absolute Gasteiger partial charge is 0.481 e. The lowest BCUT2D eigenvalue weighted by Crippen LogP contribution is -2.32. The number of carbonyl (C=O) groups is 1. The van der Waals surface area contributed by atoms with Crippen LogP contribution in [-0.4, -0.2) is 38.6 Å². The van der Waals surface area contributed by atoms with E-state index in [2.05, 4.69) is 20.5 Å². The maximum Gasteiger partial charge on any atom is 0.304 e. The summed E-state index contributed by atoms with van der Waals surface area (Å²) in [5.74, 6) is -2.94. The Morgan fingerprint density at radius 3 is 2.67 bits per heavy atom. The van der Waals surface area contributed by atoms with Crippen molar-refractivity contribution in [3.05, 3.63) is 112 Å². The summed E-state index contributed by atoms with van der Waals surface area (Å²) in [5, 5.41) is 10.6. The fraction of sp³-hybridized carbons (Fsp3) is 0.188. The smallest absolute Gasteiger partial charge is 0.304 e. The molecular weight excluding hydrogens is 515 g/mol. The van der Waals surface area contributed by atoms with E-state index in [-0.39, 0.29) is 12.2 Å². The van der Waals surface area contributed by atoms with Crippen LogP contribution < -0.4 is 0 Å². The van der Waals surface area contributed by atoms with Crippen molar-refractivity contribution < 1.29 is 23.1 Å². The van der Waals surface area contributed by atoms with E-state index in [9.17, 15) is 18.0 Å². The minimum absolute atomic E-state index is 0.0904. The Kier molecular flexibility index (Phi) is 6.86. The van der Waals surface area contributed by atoms with Gasteiger partial charge in [0.2, 0.25) is 0 Å². The molecule has 5 aromatic rings. The van der Waals surface area contributed by atoms with Gasteiger partial charge in [0.1, 0.15) is 5.82 Å². The number of nitrogens with zero attached hydrogens (tertiary/aromatic N) is 3. The van der Waals surface area contributed by atoms with Crippen molar-refractivity contribution >= 4 is 39.9 Å². The molecule has 3 aromatic carbocycles. The van der Waals surface area contributed by atoms with Gasteiger partial charge in [-0.2, -0.15) is 0 Å². The number of aliphatic carboxylic acids is 1. The molecule has 8 heteroatoms. The van der Waals surface area contributed by atoms with Crippen LogP contribution in [0.5, 0.6) is 0 Å². The maximum atomic E-state index is 14.3. The average Bonchev–Trinajstić information content (AvgIpc) is 3.23. The fourth-order valence-corrected chi connectivity index (χ4v) is 5.49. The zero-order valence-corrected chi connectivity index (χ0v) is 21.6.